The summed E-state index contributed by atoms with van der Waals surface area (Å²) in [5, 5.41) is 3.34. The van der Waals surface area contributed by atoms with E-state index in [1.165, 1.54) is 5.56 Å². The maximum atomic E-state index is 5.80. The Morgan fingerprint density at radius 2 is 1.89 bits per heavy atom. The molecule has 2 rings (SSSR count). The van der Waals surface area contributed by atoms with Crippen molar-refractivity contribution in [1.29, 1.82) is 0 Å². The van der Waals surface area contributed by atoms with Crippen molar-refractivity contribution in [2.45, 2.75) is 45.3 Å². The van der Waals surface area contributed by atoms with E-state index in [-0.39, 0.29) is 17.6 Å². The lowest BCUT2D eigenvalue weighted by atomic mass is 9.87. The van der Waals surface area contributed by atoms with E-state index in [9.17, 15) is 0 Å². The highest BCUT2D eigenvalue weighted by atomic mass is 16.5. The lowest BCUT2D eigenvalue weighted by Gasteiger charge is -2.28. The van der Waals surface area contributed by atoms with Gasteiger partial charge >= 0.3 is 0 Å². The molecule has 1 aliphatic heterocycles. The molecule has 1 saturated heterocycles. The molecule has 19 heavy (non-hydrogen) atoms. The molecule has 2 atom stereocenters. The van der Waals surface area contributed by atoms with Crippen molar-refractivity contribution in [3.63, 3.8) is 0 Å². The maximum Gasteiger partial charge on any atom is 0.119 e. The molecule has 3 nitrogen and oxygen atoms in total. The van der Waals surface area contributed by atoms with Gasteiger partial charge < -0.3 is 14.8 Å². The molecular weight excluding hydrogens is 238 g/mol. The van der Waals surface area contributed by atoms with Crippen molar-refractivity contribution >= 4 is 0 Å². The fourth-order valence-corrected chi connectivity index (χ4v) is 2.21. The number of hydrogen-bond acceptors (Lipinski definition) is 3. The largest absolute Gasteiger partial charge is 0.491 e. The zero-order valence-electron chi connectivity index (χ0n) is 12.4. The normalized spacial score (nSPS) is 24.2. The first-order valence-corrected chi connectivity index (χ1v) is 7.04. The molecule has 106 valence electrons. The summed E-state index contributed by atoms with van der Waals surface area (Å²) in [7, 11) is 0. The number of hydrogen-bond donors (Lipinski definition) is 1. The predicted octanol–water partition coefficient (Wildman–Crippen LogP) is 2.74. The van der Waals surface area contributed by atoms with Gasteiger partial charge in [0, 0.05) is 13.1 Å². The topological polar surface area (TPSA) is 30.5 Å². The number of benzene rings is 1. The van der Waals surface area contributed by atoms with Crippen molar-refractivity contribution in [2.75, 3.05) is 19.7 Å². The highest BCUT2D eigenvalue weighted by molar-refractivity contribution is 5.31. The summed E-state index contributed by atoms with van der Waals surface area (Å²) in [6.07, 6.45) is 0.414. The van der Waals surface area contributed by atoms with E-state index in [1.54, 1.807) is 0 Å². The van der Waals surface area contributed by atoms with Crippen molar-refractivity contribution < 1.29 is 9.47 Å². The minimum absolute atomic E-state index is 0.144. The van der Waals surface area contributed by atoms with Crippen LogP contribution >= 0.6 is 0 Å². The van der Waals surface area contributed by atoms with Gasteiger partial charge in [0.1, 0.15) is 18.5 Å². The van der Waals surface area contributed by atoms with Crippen LogP contribution in [0, 0.1) is 0 Å². The molecule has 0 spiro atoms. The standard InChI is InChI=1S/C16H25NO2/c1-12-9-17-10-15(19-12)11-18-14-7-5-13(6-8-14)16(2,3)4/h5-8,12,15,17H,9-11H2,1-4H3. The third kappa shape index (κ3) is 4.22. The van der Waals surface area contributed by atoms with E-state index < -0.39 is 0 Å². The Bertz CT molecular complexity index is 394. The maximum absolute atomic E-state index is 5.80. The van der Waals surface area contributed by atoms with Gasteiger partial charge in [-0.05, 0) is 30.0 Å². The van der Waals surface area contributed by atoms with Crippen LogP contribution in [-0.2, 0) is 10.2 Å². The Kier molecular flexibility index (Phi) is 4.48. The smallest absolute Gasteiger partial charge is 0.119 e. The summed E-state index contributed by atoms with van der Waals surface area (Å²) >= 11 is 0. The molecule has 1 aromatic rings. The molecule has 0 amide bonds. The van der Waals surface area contributed by atoms with Crippen LogP contribution < -0.4 is 10.1 Å². The summed E-state index contributed by atoms with van der Waals surface area (Å²) in [5.74, 6) is 0.912. The van der Waals surface area contributed by atoms with Crippen LogP contribution in [0.2, 0.25) is 0 Å². The number of rotatable bonds is 3. The molecular formula is C16H25NO2. The van der Waals surface area contributed by atoms with Crippen LogP contribution in [0.1, 0.15) is 33.3 Å². The molecule has 0 aromatic heterocycles. The SMILES string of the molecule is CC1CNCC(COc2ccc(C(C)(C)C)cc2)O1. The zero-order valence-corrected chi connectivity index (χ0v) is 12.4. The lowest BCUT2D eigenvalue weighted by Crippen LogP contribution is -2.45. The summed E-state index contributed by atoms with van der Waals surface area (Å²) in [5.41, 5.74) is 1.51. The van der Waals surface area contributed by atoms with Crippen molar-refractivity contribution in [2.24, 2.45) is 0 Å². The van der Waals surface area contributed by atoms with Gasteiger partial charge in [0.15, 0.2) is 0 Å². The summed E-state index contributed by atoms with van der Waals surface area (Å²) < 4.78 is 11.6. The van der Waals surface area contributed by atoms with Crippen LogP contribution in [0.5, 0.6) is 5.75 Å². The monoisotopic (exact) mass is 263 g/mol. The van der Waals surface area contributed by atoms with Gasteiger partial charge in [0.05, 0.1) is 6.10 Å². The first kappa shape index (κ1) is 14.4. The molecule has 3 heteroatoms. The molecule has 0 radical (unpaired) electrons. The van der Waals surface area contributed by atoms with E-state index in [1.807, 2.05) is 12.1 Å². The molecule has 1 N–H and O–H groups in total. The molecule has 1 heterocycles. The molecule has 0 bridgehead atoms. The first-order chi connectivity index (χ1) is 8.95. The average molecular weight is 263 g/mol. The fourth-order valence-electron chi connectivity index (χ4n) is 2.21. The third-order valence-corrected chi connectivity index (χ3v) is 3.38. The van der Waals surface area contributed by atoms with E-state index >= 15 is 0 Å². The highest BCUT2D eigenvalue weighted by Crippen LogP contribution is 2.24. The van der Waals surface area contributed by atoms with E-state index in [0.717, 1.165) is 18.8 Å². The molecule has 0 saturated carbocycles. The average Bonchev–Trinajstić information content (AvgIpc) is 2.36. The fraction of sp³-hybridized carbons (Fsp3) is 0.625. The number of nitrogens with one attached hydrogen (secondary N) is 1. The van der Waals surface area contributed by atoms with Crippen LogP contribution in [-0.4, -0.2) is 31.9 Å². The van der Waals surface area contributed by atoms with Crippen LogP contribution in [0.15, 0.2) is 24.3 Å². The van der Waals surface area contributed by atoms with E-state index in [0.29, 0.717) is 6.61 Å². The minimum atomic E-state index is 0.144. The third-order valence-electron chi connectivity index (χ3n) is 3.38. The Hall–Kier alpha value is -1.06. The van der Waals surface area contributed by atoms with E-state index in [4.69, 9.17) is 9.47 Å². The second kappa shape index (κ2) is 5.93. The molecule has 2 unspecified atom stereocenters. The number of morpholine rings is 1. The second-order valence-electron chi connectivity index (χ2n) is 6.31. The highest BCUT2D eigenvalue weighted by Gasteiger charge is 2.19. The van der Waals surface area contributed by atoms with E-state index in [2.05, 4.69) is 45.1 Å². The van der Waals surface area contributed by atoms with Crippen molar-refractivity contribution in [1.82, 2.24) is 5.32 Å². The van der Waals surface area contributed by atoms with Gasteiger partial charge in [-0.1, -0.05) is 32.9 Å². The minimum Gasteiger partial charge on any atom is -0.491 e. The Labute approximate surface area is 116 Å². The van der Waals surface area contributed by atoms with Crippen LogP contribution in [0.25, 0.3) is 0 Å². The van der Waals surface area contributed by atoms with Gasteiger partial charge in [0.2, 0.25) is 0 Å². The summed E-state index contributed by atoms with van der Waals surface area (Å²) in [4.78, 5) is 0. The van der Waals surface area contributed by atoms with Crippen molar-refractivity contribution in [3.05, 3.63) is 29.8 Å². The molecule has 1 aliphatic rings. The van der Waals surface area contributed by atoms with Gasteiger partial charge in [-0.15, -0.1) is 0 Å². The predicted molar refractivity (Wildman–Crippen MR) is 77.8 cm³/mol. The van der Waals surface area contributed by atoms with Gasteiger partial charge in [-0.3, -0.25) is 0 Å². The molecule has 1 fully saturated rings. The summed E-state index contributed by atoms with van der Waals surface area (Å²) in [6, 6.07) is 8.36. The van der Waals surface area contributed by atoms with Crippen LogP contribution in [0.4, 0.5) is 0 Å². The Balaban J connectivity index is 1.86. The molecule has 0 aliphatic carbocycles. The second-order valence-corrected chi connectivity index (χ2v) is 6.31. The number of ether oxygens (including phenoxy) is 2. The first-order valence-electron chi connectivity index (χ1n) is 7.04. The lowest BCUT2D eigenvalue weighted by molar-refractivity contribution is -0.0470. The van der Waals surface area contributed by atoms with Gasteiger partial charge in [-0.2, -0.15) is 0 Å². The van der Waals surface area contributed by atoms with Gasteiger partial charge in [0.25, 0.3) is 0 Å². The summed E-state index contributed by atoms with van der Waals surface area (Å²) in [6.45, 7) is 11.1. The van der Waals surface area contributed by atoms with Gasteiger partial charge in [-0.25, -0.2) is 0 Å². The Morgan fingerprint density at radius 3 is 2.47 bits per heavy atom. The quantitative estimate of drug-likeness (QED) is 0.909. The van der Waals surface area contributed by atoms with Crippen molar-refractivity contribution in [3.8, 4) is 5.75 Å². The zero-order chi connectivity index (χ0) is 13.9. The van der Waals surface area contributed by atoms with Crippen LogP contribution in [0.3, 0.4) is 0 Å². The molecule has 1 aromatic carbocycles. The Morgan fingerprint density at radius 1 is 1.21 bits per heavy atom.